The largest absolute Gasteiger partial charge is 0.496 e. The van der Waals surface area contributed by atoms with Crippen LogP contribution in [0.15, 0.2) is 18.2 Å². The van der Waals surface area contributed by atoms with Crippen LogP contribution in [0, 0.1) is 0 Å². The number of Topliss-reactive ketones (excluding diaryl/α,β-unsaturated/α-hetero) is 1. The van der Waals surface area contributed by atoms with Crippen LogP contribution in [0.1, 0.15) is 43.9 Å². The highest BCUT2D eigenvalue weighted by molar-refractivity contribution is 5.83. The van der Waals surface area contributed by atoms with Gasteiger partial charge in [-0.25, -0.2) is 0 Å². The van der Waals surface area contributed by atoms with Crippen LogP contribution in [0.25, 0.3) is 0 Å². The molecular formula is C13H19NO2. The number of ether oxygens (including phenoxy) is 1. The molecule has 1 rings (SSSR count). The number of hydrogen-bond donors (Lipinski definition) is 1. The van der Waals surface area contributed by atoms with E-state index < -0.39 is 6.04 Å². The molecule has 0 bridgehead atoms. The van der Waals surface area contributed by atoms with Crippen molar-refractivity contribution in [3.8, 4) is 5.75 Å². The summed E-state index contributed by atoms with van der Waals surface area (Å²) in [6.45, 7) is 5.71. The van der Waals surface area contributed by atoms with Crippen molar-refractivity contribution < 1.29 is 9.53 Å². The molecule has 1 aromatic carbocycles. The number of benzene rings is 1. The van der Waals surface area contributed by atoms with Crippen molar-refractivity contribution in [2.75, 3.05) is 7.11 Å². The van der Waals surface area contributed by atoms with E-state index in [4.69, 9.17) is 10.5 Å². The summed E-state index contributed by atoms with van der Waals surface area (Å²) in [5.41, 5.74) is 7.74. The Morgan fingerprint density at radius 2 is 2.00 bits per heavy atom. The van der Waals surface area contributed by atoms with Gasteiger partial charge in [0, 0.05) is 5.56 Å². The molecular weight excluding hydrogens is 202 g/mol. The highest BCUT2D eigenvalue weighted by Crippen LogP contribution is 2.28. The van der Waals surface area contributed by atoms with Crippen molar-refractivity contribution in [3.05, 3.63) is 29.3 Å². The Morgan fingerprint density at radius 3 is 2.44 bits per heavy atom. The van der Waals surface area contributed by atoms with Crippen LogP contribution >= 0.6 is 0 Å². The number of hydrogen-bond acceptors (Lipinski definition) is 3. The van der Waals surface area contributed by atoms with Crippen LogP contribution in [-0.2, 0) is 4.79 Å². The van der Waals surface area contributed by atoms with Crippen molar-refractivity contribution in [1.82, 2.24) is 0 Å². The van der Waals surface area contributed by atoms with Crippen LogP contribution in [0.3, 0.4) is 0 Å². The molecule has 16 heavy (non-hydrogen) atoms. The highest BCUT2D eigenvalue weighted by Gasteiger charge is 2.16. The minimum Gasteiger partial charge on any atom is -0.496 e. The van der Waals surface area contributed by atoms with Gasteiger partial charge in [-0.2, -0.15) is 0 Å². The smallest absolute Gasteiger partial charge is 0.151 e. The molecule has 3 heteroatoms. The third-order valence-corrected chi connectivity index (χ3v) is 2.70. The third-order valence-electron chi connectivity index (χ3n) is 2.70. The summed E-state index contributed by atoms with van der Waals surface area (Å²) in [6.07, 6.45) is 0. The Labute approximate surface area is 96.6 Å². The zero-order valence-electron chi connectivity index (χ0n) is 10.3. The van der Waals surface area contributed by atoms with E-state index in [0.717, 1.165) is 5.56 Å². The first-order chi connectivity index (χ1) is 7.47. The molecule has 0 heterocycles. The minimum absolute atomic E-state index is 0.0596. The van der Waals surface area contributed by atoms with Gasteiger partial charge in [0.05, 0.1) is 13.2 Å². The number of methoxy groups -OCH3 is 1. The molecule has 0 spiro atoms. The lowest BCUT2D eigenvalue weighted by atomic mass is 9.97. The van der Waals surface area contributed by atoms with Crippen molar-refractivity contribution >= 4 is 5.78 Å². The SMILES string of the molecule is COc1cc(C(C)C)ccc1C(N)C(C)=O. The Balaban J connectivity index is 3.16. The Bertz CT molecular complexity index is 386. The fraction of sp³-hybridized carbons (Fsp3) is 0.462. The minimum atomic E-state index is -0.601. The summed E-state index contributed by atoms with van der Waals surface area (Å²) < 4.78 is 5.28. The Hall–Kier alpha value is -1.35. The summed E-state index contributed by atoms with van der Waals surface area (Å²) in [6, 6.07) is 5.21. The maximum atomic E-state index is 11.3. The molecule has 0 saturated carbocycles. The summed E-state index contributed by atoms with van der Waals surface area (Å²) in [4.78, 5) is 11.3. The van der Waals surface area contributed by atoms with Gasteiger partial charge in [-0.3, -0.25) is 4.79 Å². The summed E-state index contributed by atoms with van der Waals surface area (Å²) >= 11 is 0. The molecule has 0 aromatic heterocycles. The van der Waals surface area contributed by atoms with Gasteiger partial charge in [0.1, 0.15) is 5.75 Å². The molecule has 0 amide bonds. The van der Waals surface area contributed by atoms with Gasteiger partial charge in [-0.15, -0.1) is 0 Å². The normalized spacial score (nSPS) is 12.6. The van der Waals surface area contributed by atoms with E-state index >= 15 is 0 Å². The van der Waals surface area contributed by atoms with E-state index in [0.29, 0.717) is 11.7 Å². The van der Waals surface area contributed by atoms with Crippen LogP contribution in [0.2, 0.25) is 0 Å². The van der Waals surface area contributed by atoms with Gasteiger partial charge in [0.2, 0.25) is 0 Å². The first kappa shape index (κ1) is 12.7. The van der Waals surface area contributed by atoms with Crippen molar-refractivity contribution in [1.29, 1.82) is 0 Å². The molecule has 0 aliphatic heterocycles. The number of nitrogens with two attached hydrogens (primary N) is 1. The van der Waals surface area contributed by atoms with E-state index in [1.165, 1.54) is 12.5 Å². The average Bonchev–Trinajstić information content (AvgIpc) is 2.26. The fourth-order valence-electron chi connectivity index (χ4n) is 1.56. The Morgan fingerprint density at radius 1 is 1.38 bits per heavy atom. The van der Waals surface area contributed by atoms with Gasteiger partial charge >= 0.3 is 0 Å². The molecule has 0 aliphatic carbocycles. The first-order valence-electron chi connectivity index (χ1n) is 5.41. The first-order valence-corrected chi connectivity index (χ1v) is 5.41. The topological polar surface area (TPSA) is 52.3 Å². The molecule has 0 fully saturated rings. The predicted octanol–water partition coefficient (Wildman–Crippen LogP) is 2.41. The quantitative estimate of drug-likeness (QED) is 0.849. The molecule has 1 unspecified atom stereocenters. The van der Waals surface area contributed by atoms with Gasteiger partial charge in [0.25, 0.3) is 0 Å². The molecule has 88 valence electrons. The maximum Gasteiger partial charge on any atom is 0.151 e. The lowest BCUT2D eigenvalue weighted by Crippen LogP contribution is -2.19. The Kier molecular flexibility index (Phi) is 4.07. The molecule has 1 atom stereocenters. The van der Waals surface area contributed by atoms with E-state index in [9.17, 15) is 4.79 Å². The van der Waals surface area contributed by atoms with Crippen LogP contribution in [0.5, 0.6) is 5.75 Å². The second-order valence-corrected chi connectivity index (χ2v) is 4.24. The molecule has 1 aromatic rings. The predicted molar refractivity (Wildman–Crippen MR) is 64.7 cm³/mol. The van der Waals surface area contributed by atoms with Crippen molar-refractivity contribution in [2.45, 2.75) is 32.7 Å². The zero-order chi connectivity index (χ0) is 12.3. The summed E-state index contributed by atoms with van der Waals surface area (Å²) in [5, 5.41) is 0. The lowest BCUT2D eigenvalue weighted by molar-refractivity contribution is -0.118. The monoisotopic (exact) mass is 221 g/mol. The van der Waals surface area contributed by atoms with Crippen molar-refractivity contribution in [2.24, 2.45) is 5.73 Å². The van der Waals surface area contributed by atoms with E-state index in [2.05, 4.69) is 13.8 Å². The second-order valence-electron chi connectivity index (χ2n) is 4.24. The number of ketones is 1. The standard InChI is InChI=1S/C13H19NO2/c1-8(2)10-5-6-11(12(7-10)16-4)13(14)9(3)15/h5-8,13H,14H2,1-4H3. The van der Waals surface area contributed by atoms with Crippen LogP contribution in [0.4, 0.5) is 0 Å². The molecule has 0 saturated heterocycles. The fourth-order valence-corrected chi connectivity index (χ4v) is 1.56. The summed E-state index contributed by atoms with van der Waals surface area (Å²) in [5.74, 6) is 1.06. The highest BCUT2D eigenvalue weighted by atomic mass is 16.5. The van der Waals surface area contributed by atoms with E-state index in [1.807, 2.05) is 18.2 Å². The van der Waals surface area contributed by atoms with Crippen LogP contribution in [-0.4, -0.2) is 12.9 Å². The zero-order valence-corrected chi connectivity index (χ0v) is 10.3. The van der Waals surface area contributed by atoms with Gasteiger partial charge in [-0.1, -0.05) is 26.0 Å². The van der Waals surface area contributed by atoms with Crippen molar-refractivity contribution in [3.63, 3.8) is 0 Å². The summed E-state index contributed by atoms with van der Waals surface area (Å²) in [7, 11) is 1.59. The van der Waals surface area contributed by atoms with Gasteiger partial charge in [0.15, 0.2) is 5.78 Å². The molecule has 0 aliphatic rings. The number of carbonyl (C=O) groups excluding carboxylic acids is 1. The number of carbonyl (C=O) groups is 1. The second kappa shape index (κ2) is 5.12. The lowest BCUT2D eigenvalue weighted by Gasteiger charge is -2.15. The molecule has 2 N–H and O–H groups in total. The van der Waals surface area contributed by atoms with Gasteiger partial charge < -0.3 is 10.5 Å². The van der Waals surface area contributed by atoms with E-state index in [1.54, 1.807) is 7.11 Å². The maximum absolute atomic E-state index is 11.3. The van der Waals surface area contributed by atoms with Gasteiger partial charge in [-0.05, 0) is 24.5 Å². The molecule has 0 radical (unpaired) electrons. The molecule has 3 nitrogen and oxygen atoms in total. The van der Waals surface area contributed by atoms with Crippen LogP contribution < -0.4 is 10.5 Å². The number of rotatable bonds is 4. The third kappa shape index (κ3) is 2.61. The average molecular weight is 221 g/mol. The van der Waals surface area contributed by atoms with E-state index in [-0.39, 0.29) is 5.78 Å².